The van der Waals surface area contributed by atoms with Crippen molar-refractivity contribution in [1.29, 1.82) is 0 Å². The molecular formula is C12H25NO. The number of nitrogens with zero attached hydrogens (tertiary/aromatic N) is 1. The van der Waals surface area contributed by atoms with Crippen LogP contribution < -0.4 is 0 Å². The zero-order valence-electron chi connectivity index (χ0n) is 10.1. The van der Waals surface area contributed by atoms with Crippen molar-refractivity contribution in [3.63, 3.8) is 0 Å². The molecule has 0 spiro atoms. The van der Waals surface area contributed by atoms with E-state index in [0.717, 1.165) is 25.7 Å². The average Bonchev–Trinajstić information content (AvgIpc) is 2.18. The first-order valence-electron chi connectivity index (χ1n) is 5.88. The molecular weight excluding hydrogens is 174 g/mol. The molecule has 0 unspecified atom stereocenters. The monoisotopic (exact) mass is 199 g/mol. The fourth-order valence-electron chi connectivity index (χ4n) is 2.19. The largest absolute Gasteiger partial charge is 0.393 e. The Morgan fingerprint density at radius 3 is 2.14 bits per heavy atom. The van der Waals surface area contributed by atoms with E-state index in [1.807, 2.05) is 0 Å². The van der Waals surface area contributed by atoms with Crippen LogP contribution in [0.2, 0.25) is 0 Å². The van der Waals surface area contributed by atoms with Gasteiger partial charge in [0, 0.05) is 11.6 Å². The first kappa shape index (κ1) is 12.0. The molecule has 0 amide bonds. The van der Waals surface area contributed by atoms with Crippen LogP contribution in [0.4, 0.5) is 0 Å². The molecule has 0 aromatic carbocycles. The minimum Gasteiger partial charge on any atom is -0.393 e. The third kappa shape index (κ3) is 2.71. The van der Waals surface area contributed by atoms with Gasteiger partial charge in [-0.2, -0.15) is 0 Å². The van der Waals surface area contributed by atoms with Gasteiger partial charge < -0.3 is 5.11 Å². The van der Waals surface area contributed by atoms with Crippen LogP contribution >= 0.6 is 0 Å². The van der Waals surface area contributed by atoms with Crippen molar-refractivity contribution in [3.8, 4) is 0 Å². The summed E-state index contributed by atoms with van der Waals surface area (Å²) >= 11 is 0. The molecule has 1 N–H and O–H groups in total. The second-order valence-electron chi connectivity index (χ2n) is 5.24. The fourth-order valence-corrected chi connectivity index (χ4v) is 2.19. The average molecular weight is 199 g/mol. The maximum atomic E-state index is 9.45. The Morgan fingerprint density at radius 2 is 1.71 bits per heavy atom. The lowest BCUT2D eigenvalue weighted by Gasteiger charge is -2.43. The van der Waals surface area contributed by atoms with Gasteiger partial charge in [-0.05, 0) is 53.0 Å². The van der Waals surface area contributed by atoms with Crippen LogP contribution in [-0.2, 0) is 0 Å². The molecule has 2 nitrogen and oxygen atoms in total. The lowest BCUT2D eigenvalue weighted by molar-refractivity contribution is 0.0368. The molecule has 0 aromatic rings. The fraction of sp³-hybridized carbons (Fsp3) is 1.00. The standard InChI is InChI=1S/C12H25NO/c1-5-12(2,3)13(4)10-6-8-11(14)9-7-10/h10-11,14H,5-9H2,1-4H3. The summed E-state index contributed by atoms with van der Waals surface area (Å²) in [5, 5.41) is 9.45. The van der Waals surface area contributed by atoms with E-state index in [2.05, 4.69) is 32.7 Å². The van der Waals surface area contributed by atoms with Gasteiger partial charge in [0.05, 0.1) is 6.10 Å². The topological polar surface area (TPSA) is 23.5 Å². The minimum absolute atomic E-state index is 0.0376. The summed E-state index contributed by atoms with van der Waals surface area (Å²) in [4.78, 5) is 2.50. The molecule has 1 rings (SSSR count). The third-order valence-corrected chi connectivity index (χ3v) is 4.03. The normalized spacial score (nSPS) is 29.6. The smallest absolute Gasteiger partial charge is 0.0541 e. The molecule has 84 valence electrons. The maximum Gasteiger partial charge on any atom is 0.0541 e. The second-order valence-corrected chi connectivity index (χ2v) is 5.24. The third-order valence-electron chi connectivity index (χ3n) is 4.03. The van der Waals surface area contributed by atoms with Gasteiger partial charge in [0.1, 0.15) is 0 Å². The van der Waals surface area contributed by atoms with Crippen LogP contribution in [0.1, 0.15) is 52.9 Å². The van der Waals surface area contributed by atoms with Crippen LogP contribution in [0.5, 0.6) is 0 Å². The van der Waals surface area contributed by atoms with Crippen molar-refractivity contribution >= 4 is 0 Å². The Kier molecular flexibility index (Phi) is 3.96. The highest BCUT2D eigenvalue weighted by molar-refractivity contribution is 4.86. The highest BCUT2D eigenvalue weighted by atomic mass is 16.3. The van der Waals surface area contributed by atoms with Crippen molar-refractivity contribution in [2.24, 2.45) is 0 Å². The highest BCUT2D eigenvalue weighted by Gasteiger charge is 2.30. The highest BCUT2D eigenvalue weighted by Crippen LogP contribution is 2.28. The maximum absolute atomic E-state index is 9.45. The summed E-state index contributed by atoms with van der Waals surface area (Å²) < 4.78 is 0. The van der Waals surface area contributed by atoms with Gasteiger partial charge in [-0.15, -0.1) is 0 Å². The van der Waals surface area contributed by atoms with E-state index in [-0.39, 0.29) is 6.10 Å². The van der Waals surface area contributed by atoms with Crippen LogP contribution in [0, 0.1) is 0 Å². The number of aliphatic hydroxyl groups is 1. The van der Waals surface area contributed by atoms with Gasteiger partial charge in [0.2, 0.25) is 0 Å². The number of aliphatic hydroxyl groups excluding tert-OH is 1. The van der Waals surface area contributed by atoms with E-state index in [1.54, 1.807) is 0 Å². The molecule has 1 aliphatic rings. The zero-order valence-corrected chi connectivity index (χ0v) is 10.1. The predicted molar refractivity (Wildman–Crippen MR) is 60.4 cm³/mol. The van der Waals surface area contributed by atoms with Crippen LogP contribution in [0.25, 0.3) is 0 Å². The Hall–Kier alpha value is -0.0800. The minimum atomic E-state index is -0.0376. The molecule has 0 heterocycles. The van der Waals surface area contributed by atoms with Gasteiger partial charge in [0.15, 0.2) is 0 Å². The van der Waals surface area contributed by atoms with Crippen molar-refractivity contribution in [2.75, 3.05) is 7.05 Å². The van der Waals surface area contributed by atoms with Gasteiger partial charge >= 0.3 is 0 Å². The SMILES string of the molecule is CCC(C)(C)N(C)C1CCC(O)CC1. The predicted octanol–water partition coefficient (Wildman–Crippen LogP) is 2.41. The van der Waals surface area contributed by atoms with E-state index in [1.165, 1.54) is 6.42 Å². The van der Waals surface area contributed by atoms with E-state index in [0.29, 0.717) is 11.6 Å². The van der Waals surface area contributed by atoms with E-state index in [9.17, 15) is 5.11 Å². The first-order chi connectivity index (χ1) is 6.47. The Balaban J connectivity index is 2.49. The van der Waals surface area contributed by atoms with Gasteiger partial charge in [0.25, 0.3) is 0 Å². The molecule has 0 bridgehead atoms. The summed E-state index contributed by atoms with van der Waals surface area (Å²) in [6.07, 6.45) is 5.42. The van der Waals surface area contributed by atoms with E-state index >= 15 is 0 Å². The summed E-state index contributed by atoms with van der Waals surface area (Å²) in [5.41, 5.74) is 0.299. The summed E-state index contributed by atoms with van der Waals surface area (Å²) in [7, 11) is 2.23. The number of hydrogen-bond acceptors (Lipinski definition) is 2. The van der Waals surface area contributed by atoms with E-state index in [4.69, 9.17) is 0 Å². The molecule has 1 saturated carbocycles. The van der Waals surface area contributed by atoms with Crippen LogP contribution in [0.3, 0.4) is 0 Å². The second kappa shape index (κ2) is 4.63. The molecule has 0 saturated heterocycles. The lowest BCUT2D eigenvalue weighted by atomic mass is 9.88. The van der Waals surface area contributed by atoms with Gasteiger partial charge in [-0.25, -0.2) is 0 Å². The molecule has 1 aliphatic carbocycles. The van der Waals surface area contributed by atoms with Crippen molar-refractivity contribution < 1.29 is 5.11 Å². The molecule has 0 aliphatic heterocycles. The Labute approximate surface area is 88.3 Å². The molecule has 0 atom stereocenters. The first-order valence-corrected chi connectivity index (χ1v) is 5.88. The van der Waals surface area contributed by atoms with Crippen molar-refractivity contribution in [3.05, 3.63) is 0 Å². The summed E-state index contributed by atoms with van der Waals surface area (Å²) in [6.45, 7) is 6.85. The van der Waals surface area contributed by atoms with Crippen LogP contribution in [0.15, 0.2) is 0 Å². The quantitative estimate of drug-likeness (QED) is 0.754. The molecule has 0 aromatic heterocycles. The lowest BCUT2D eigenvalue weighted by Crippen LogP contribution is -2.48. The Bertz CT molecular complexity index is 171. The molecule has 0 radical (unpaired) electrons. The van der Waals surface area contributed by atoms with Gasteiger partial charge in [-0.1, -0.05) is 6.92 Å². The van der Waals surface area contributed by atoms with Crippen LogP contribution in [-0.4, -0.2) is 34.7 Å². The van der Waals surface area contributed by atoms with Gasteiger partial charge in [-0.3, -0.25) is 4.90 Å². The van der Waals surface area contributed by atoms with E-state index < -0.39 is 0 Å². The Morgan fingerprint density at radius 1 is 1.21 bits per heavy atom. The zero-order chi connectivity index (χ0) is 10.8. The van der Waals surface area contributed by atoms with Crippen molar-refractivity contribution in [1.82, 2.24) is 4.90 Å². The molecule has 14 heavy (non-hydrogen) atoms. The number of hydrogen-bond donors (Lipinski definition) is 1. The molecule has 1 fully saturated rings. The van der Waals surface area contributed by atoms with Crippen molar-refractivity contribution in [2.45, 2.75) is 70.6 Å². The summed E-state index contributed by atoms with van der Waals surface area (Å²) in [6, 6.07) is 0.674. The number of rotatable bonds is 3. The summed E-state index contributed by atoms with van der Waals surface area (Å²) in [5.74, 6) is 0. The molecule has 2 heteroatoms.